The van der Waals surface area contributed by atoms with Crippen LogP contribution in [0.2, 0.25) is 0 Å². The van der Waals surface area contributed by atoms with E-state index in [4.69, 9.17) is 0 Å². The van der Waals surface area contributed by atoms with E-state index in [0.29, 0.717) is 11.7 Å². The standard InChI is InChI=1S/C15H25N3O2S/c1-14(2)6-10-12(15(3,4)8-14)21-13(16-10)18(20)9-17(5)7-11(18)19/h11,19H,6-9H2,1-5H3. The van der Waals surface area contributed by atoms with E-state index < -0.39 is 10.9 Å². The normalized spacial score (nSPS) is 34.9. The maximum absolute atomic E-state index is 13.0. The number of aliphatic hydroxyl groups is 1. The molecule has 0 saturated carbocycles. The minimum absolute atomic E-state index is 0.0444. The number of hydrogen-bond donors (Lipinski definition) is 1. The van der Waals surface area contributed by atoms with Gasteiger partial charge >= 0.3 is 0 Å². The van der Waals surface area contributed by atoms with Crippen LogP contribution in [0.15, 0.2) is 0 Å². The van der Waals surface area contributed by atoms with Crippen LogP contribution >= 0.6 is 11.3 Å². The average Bonchev–Trinajstić information content (AvgIpc) is 2.79. The van der Waals surface area contributed by atoms with Crippen LogP contribution in [0.5, 0.6) is 0 Å². The molecule has 1 aromatic rings. The fraction of sp³-hybridized carbons (Fsp3) is 0.800. The summed E-state index contributed by atoms with van der Waals surface area (Å²) in [5, 5.41) is 23.7. The van der Waals surface area contributed by atoms with Crippen LogP contribution < -0.4 is 4.65 Å². The molecule has 21 heavy (non-hydrogen) atoms. The highest BCUT2D eigenvalue weighted by atomic mass is 32.1. The molecule has 1 aromatic heterocycles. The Labute approximate surface area is 130 Å². The Bertz CT molecular complexity index is 569. The van der Waals surface area contributed by atoms with Gasteiger partial charge in [-0.15, -0.1) is 0 Å². The molecule has 3 rings (SSSR count). The number of likely N-dealkylation sites (N-methyl/N-ethyl adjacent to an activating group) is 1. The van der Waals surface area contributed by atoms with Crippen LogP contribution in [0.1, 0.15) is 44.7 Å². The van der Waals surface area contributed by atoms with Gasteiger partial charge in [-0.1, -0.05) is 39.0 Å². The van der Waals surface area contributed by atoms with Gasteiger partial charge < -0.3 is 10.3 Å². The van der Waals surface area contributed by atoms with Crippen molar-refractivity contribution in [2.45, 2.75) is 52.2 Å². The Hall–Kier alpha value is -0.530. The van der Waals surface area contributed by atoms with Crippen molar-refractivity contribution < 1.29 is 5.11 Å². The predicted octanol–water partition coefficient (Wildman–Crippen LogP) is 2.42. The van der Waals surface area contributed by atoms with Gasteiger partial charge in [0.25, 0.3) is 5.13 Å². The largest absolute Gasteiger partial charge is 0.623 e. The lowest BCUT2D eigenvalue weighted by atomic mass is 9.67. The first-order valence-corrected chi connectivity index (χ1v) is 8.31. The quantitative estimate of drug-likeness (QED) is 0.639. The molecule has 2 atom stereocenters. The molecule has 0 bridgehead atoms. The molecular formula is C15H25N3O2S. The summed E-state index contributed by atoms with van der Waals surface area (Å²) in [5.74, 6) is 0. The summed E-state index contributed by atoms with van der Waals surface area (Å²) in [7, 11) is 1.86. The van der Waals surface area contributed by atoms with E-state index in [0.717, 1.165) is 18.5 Å². The number of quaternary nitrogens is 1. The highest BCUT2D eigenvalue weighted by Gasteiger charge is 2.45. The number of hydrogen-bond acceptors (Lipinski definition) is 5. The van der Waals surface area contributed by atoms with Crippen LogP contribution in [-0.4, -0.2) is 41.5 Å². The second kappa shape index (κ2) is 4.49. The summed E-state index contributed by atoms with van der Waals surface area (Å²) in [5.41, 5.74) is 1.31. The summed E-state index contributed by atoms with van der Waals surface area (Å²) in [6.45, 7) is 9.67. The topological polar surface area (TPSA) is 59.4 Å². The lowest BCUT2D eigenvalue weighted by molar-refractivity contribution is 0.0846. The molecule has 0 radical (unpaired) electrons. The smallest absolute Gasteiger partial charge is 0.289 e. The third kappa shape index (κ3) is 2.43. The van der Waals surface area contributed by atoms with Gasteiger partial charge in [0.05, 0.1) is 12.2 Å². The van der Waals surface area contributed by atoms with Gasteiger partial charge in [-0.05, 0) is 25.3 Å². The van der Waals surface area contributed by atoms with Crippen molar-refractivity contribution >= 4 is 16.5 Å². The Morgan fingerprint density at radius 2 is 2.05 bits per heavy atom. The minimum Gasteiger partial charge on any atom is -0.623 e. The zero-order valence-electron chi connectivity index (χ0n) is 13.5. The number of fused-ring (bicyclic) bond motifs is 1. The monoisotopic (exact) mass is 311 g/mol. The average molecular weight is 311 g/mol. The van der Waals surface area contributed by atoms with Crippen molar-refractivity contribution in [2.24, 2.45) is 5.41 Å². The van der Waals surface area contributed by atoms with Crippen molar-refractivity contribution in [1.29, 1.82) is 0 Å². The van der Waals surface area contributed by atoms with Gasteiger partial charge in [-0.3, -0.25) is 9.55 Å². The van der Waals surface area contributed by atoms with E-state index in [1.165, 1.54) is 16.2 Å². The Kier molecular flexibility index (Phi) is 3.28. The number of nitrogens with zero attached hydrogens (tertiary/aromatic N) is 3. The molecule has 6 heteroatoms. The van der Waals surface area contributed by atoms with E-state index in [1.807, 2.05) is 11.9 Å². The number of β-amino-alcohol motifs (C(OH)–C–C–N with tert-alkyl or cyclic N) is 1. The molecule has 2 aliphatic rings. The van der Waals surface area contributed by atoms with Crippen molar-refractivity contribution in [2.75, 3.05) is 20.3 Å². The molecule has 1 saturated heterocycles. The van der Waals surface area contributed by atoms with Crippen LogP contribution in [0.4, 0.5) is 5.13 Å². The van der Waals surface area contributed by atoms with Crippen LogP contribution in [0.25, 0.3) is 0 Å². The predicted molar refractivity (Wildman–Crippen MR) is 85.9 cm³/mol. The fourth-order valence-electron chi connectivity index (χ4n) is 4.05. The number of aliphatic hydroxyl groups excluding tert-OH is 1. The summed E-state index contributed by atoms with van der Waals surface area (Å²) in [6, 6.07) is 0. The maximum atomic E-state index is 13.0. The van der Waals surface area contributed by atoms with Gasteiger partial charge in [-0.2, -0.15) is 4.98 Å². The number of aromatic nitrogens is 1. The first-order chi connectivity index (χ1) is 9.53. The number of hydroxylamine groups is 2. The van der Waals surface area contributed by atoms with Crippen molar-refractivity contribution in [3.8, 4) is 0 Å². The van der Waals surface area contributed by atoms with Gasteiger partial charge in [0, 0.05) is 10.3 Å². The zero-order valence-corrected chi connectivity index (χ0v) is 14.3. The number of rotatable bonds is 1. The fourth-order valence-corrected chi connectivity index (χ4v) is 5.31. The lowest BCUT2D eigenvalue weighted by Crippen LogP contribution is -2.48. The van der Waals surface area contributed by atoms with Gasteiger partial charge in [0.1, 0.15) is 6.67 Å². The first-order valence-electron chi connectivity index (χ1n) is 7.50. The molecule has 0 amide bonds. The molecule has 1 aliphatic carbocycles. The van der Waals surface area contributed by atoms with Crippen LogP contribution in [0.3, 0.4) is 0 Å². The Morgan fingerprint density at radius 3 is 2.62 bits per heavy atom. The summed E-state index contributed by atoms with van der Waals surface area (Å²) in [6.07, 6.45) is 1.07. The van der Waals surface area contributed by atoms with Gasteiger partial charge in [0.2, 0.25) is 6.23 Å². The summed E-state index contributed by atoms with van der Waals surface area (Å²) in [4.78, 5) is 7.77. The minimum atomic E-state index is -0.932. The molecule has 0 aromatic carbocycles. The molecule has 1 N–H and O–H groups in total. The van der Waals surface area contributed by atoms with E-state index in [-0.39, 0.29) is 17.5 Å². The number of thiazole rings is 1. The maximum Gasteiger partial charge on any atom is 0.289 e. The highest BCUT2D eigenvalue weighted by molar-refractivity contribution is 7.15. The van der Waals surface area contributed by atoms with E-state index in [1.54, 1.807) is 0 Å². The SMILES string of the molecule is CN1CC(O)[N+]([O-])(c2nc3c(s2)C(C)(C)CC(C)(C)C3)C1. The van der Waals surface area contributed by atoms with E-state index in [2.05, 4.69) is 32.7 Å². The molecule has 2 heterocycles. The molecule has 5 nitrogen and oxygen atoms in total. The second-order valence-corrected chi connectivity index (χ2v) is 9.11. The first kappa shape index (κ1) is 15.4. The van der Waals surface area contributed by atoms with Crippen molar-refractivity contribution in [3.05, 3.63) is 15.8 Å². The zero-order chi connectivity index (χ0) is 15.6. The van der Waals surface area contributed by atoms with Crippen LogP contribution in [-0.2, 0) is 11.8 Å². The van der Waals surface area contributed by atoms with Crippen molar-refractivity contribution in [3.63, 3.8) is 0 Å². The molecule has 1 aliphatic heterocycles. The van der Waals surface area contributed by atoms with Gasteiger partial charge in [0.15, 0.2) is 0 Å². The van der Waals surface area contributed by atoms with E-state index in [9.17, 15) is 10.3 Å². The molecule has 2 unspecified atom stereocenters. The highest BCUT2D eigenvalue weighted by Crippen LogP contribution is 2.50. The van der Waals surface area contributed by atoms with Crippen LogP contribution in [0, 0.1) is 10.6 Å². The summed E-state index contributed by atoms with van der Waals surface area (Å²) < 4.78 is -0.718. The third-order valence-corrected chi connectivity index (χ3v) is 6.17. The Balaban J connectivity index is 2.04. The molecule has 1 fully saturated rings. The molecule has 118 valence electrons. The van der Waals surface area contributed by atoms with Crippen molar-refractivity contribution in [1.82, 2.24) is 14.5 Å². The molecule has 0 spiro atoms. The second-order valence-electron chi connectivity index (χ2n) is 8.13. The molecular weight excluding hydrogens is 286 g/mol. The third-order valence-electron chi connectivity index (χ3n) is 4.60. The summed E-state index contributed by atoms with van der Waals surface area (Å²) >= 11 is 1.51. The Morgan fingerprint density at radius 1 is 1.38 bits per heavy atom. The van der Waals surface area contributed by atoms with Gasteiger partial charge in [-0.25, -0.2) is 0 Å². The van der Waals surface area contributed by atoms with E-state index >= 15 is 0 Å². The lowest BCUT2D eigenvalue weighted by Gasteiger charge is -2.39.